The molecule has 21 heavy (non-hydrogen) atoms. The third-order valence-electron chi connectivity index (χ3n) is 4.23. The van der Waals surface area contributed by atoms with Gasteiger partial charge in [-0.2, -0.15) is 0 Å². The molecule has 0 saturated carbocycles. The number of rotatable bonds is 7. The van der Waals surface area contributed by atoms with Gasteiger partial charge in [0.1, 0.15) is 0 Å². The lowest BCUT2D eigenvalue weighted by Gasteiger charge is -2.33. The molecule has 1 aliphatic heterocycles. The molecule has 3 nitrogen and oxygen atoms in total. The molecule has 0 bridgehead atoms. The second kappa shape index (κ2) is 8.74. The van der Waals surface area contributed by atoms with Gasteiger partial charge in [-0.3, -0.25) is 0 Å². The van der Waals surface area contributed by atoms with Crippen molar-refractivity contribution in [3.8, 4) is 0 Å². The number of ether oxygens (including phenoxy) is 1. The molecule has 0 spiro atoms. The minimum atomic E-state index is 0.372. The standard InChI is InChI=1S/C17H27ClN2O/c1-3-19-17(14-6-4-7-15(18)12-14)9-11-20-10-5-8-16(13-20)21-2/h4,6-7,12,16-17,19H,3,5,8-11,13H2,1-2H3. The summed E-state index contributed by atoms with van der Waals surface area (Å²) < 4.78 is 5.50. The Hall–Kier alpha value is -0.610. The van der Waals surface area contributed by atoms with Crippen molar-refractivity contribution in [3.63, 3.8) is 0 Å². The molecule has 1 aromatic carbocycles. The lowest BCUT2D eigenvalue weighted by atomic mass is 10.0. The highest BCUT2D eigenvalue weighted by atomic mass is 35.5. The molecule has 0 aliphatic carbocycles. The topological polar surface area (TPSA) is 24.5 Å². The molecule has 4 heteroatoms. The third kappa shape index (κ3) is 5.26. The summed E-state index contributed by atoms with van der Waals surface area (Å²) in [5, 5.41) is 4.39. The van der Waals surface area contributed by atoms with Crippen molar-refractivity contribution in [3.05, 3.63) is 34.9 Å². The van der Waals surface area contributed by atoms with E-state index < -0.39 is 0 Å². The first kappa shape index (κ1) is 16.8. The third-order valence-corrected chi connectivity index (χ3v) is 4.47. The Morgan fingerprint density at radius 1 is 1.48 bits per heavy atom. The molecule has 2 unspecified atom stereocenters. The second-order valence-corrected chi connectivity index (χ2v) is 6.19. The highest BCUT2D eigenvalue weighted by Gasteiger charge is 2.20. The van der Waals surface area contributed by atoms with Crippen LogP contribution < -0.4 is 5.32 Å². The van der Waals surface area contributed by atoms with Gasteiger partial charge >= 0.3 is 0 Å². The normalized spacial score (nSPS) is 21.4. The van der Waals surface area contributed by atoms with Crippen LogP contribution in [0, 0.1) is 0 Å². The van der Waals surface area contributed by atoms with Gasteiger partial charge in [-0.25, -0.2) is 0 Å². The molecule has 1 N–H and O–H groups in total. The van der Waals surface area contributed by atoms with Crippen LogP contribution in [0.2, 0.25) is 5.02 Å². The summed E-state index contributed by atoms with van der Waals surface area (Å²) in [6, 6.07) is 8.57. The van der Waals surface area contributed by atoms with Crippen LogP contribution >= 0.6 is 11.6 Å². The molecule has 1 aliphatic rings. The van der Waals surface area contributed by atoms with Crippen LogP contribution in [0.15, 0.2) is 24.3 Å². The van der Waals surface area contributed by atoms with Gasteiger partial charge < -0.3 is 15.0 Å². The van der Waals surface area contributed by atoms with Crippen molar-refractivity contribution in [2.45, 2.75) is 38.3 Å². The Kier molecular flexibility index (Phi) is 6.97. The zero-order valence-corrected chi connectivity index (χ0v) is 13.9. The average Bonchev–Trinajstić information content (AvgIpc) is 2.51. The minimum absolute atomic E-state index is 0.372. The van der Waals surface area contributed by atoms with Gasteiger partial charge in [-0.05, 0) is 50.0 Å². The van der Waals surface area contributed by atoms with Crippen molar-refractivity contribution < 1.29 is 4.74 Å². The zero-order chi connectivity index (χ0) is 15.1. The summed E-state index contributed by atoms with van der Waals surface area (Å²) in [5.74, 6) is 0. The molecule has 1 aromatic rings. The lowest BCUT2D eigenvalue weighted by Crippen LogP contribution is -2.40. The molecule has 1 saturated heterocycles. The van der Waals surface area contributed by atoms with Crippen LogP contribution in [-0.2, 0) is 4.74 Å². The maximum absolute atomic E-state index is 6.12. The smallest absolute Gasteiger partial charge is 0.0698 e. The van der Waals surface area contributed by atoms with Gasteiger partial charge in [0, 0.05) is 31.3 Å². The van der Waals surface area contributed by atoms with E-state index in [1.165, 1.54) is 24.9 Å². The summed E-state index contributed by atoms with van der Waals surface area (Å²) in [6.45, 7) is 6.47. The fraction of sp³-hybridized carbons (Fsp3) is 0.647. The van der Waals surface area contributed by atoms with E-state index in [1.807, 2.05) is 19.2 Å². The summed E-state index contributed by atoms with van der Waals surface area (Å²) >= 11 is 6.12. The number of nitrogens with one attached hydrogen (secondary N) is 1. The largest absolute Gasteiger partial charge is 0.380 e. The van der Waals surface area contributed by atoms with Gasteiger partial charge in [0.15, 0.2) is 0 Å². The van der Waals surface area contributed by atoms with Gasteiger partial charge in [-0.1, -0.05) is 30.7 Å². The van der Waals surface area contributed by atoms with Crippen molar-refractivity contribution in [1.29, 1.82) is 0 Å². The van der Waals surface area contributed by atoms with E-state index in [0.717, 1.165) is 31.1 Å². The van der Waals surface area contributed by atoms with E-state index >= 15 is 0 Å². The maximum atomic E-state index is 6.12. The fourth-order valence-corrected chi connectivity index (χ4v) is 3.28. The molecular formula is C17H27ClN2O. The van der Waals surface area contributed by atoms with Crippen LogP contribution in [0.25, 0.3) is 0 Å². The van der Waals surface area contributed by atoms with Gasteiger partial charge in [-0.15, -0.1) is 0 Å². The van der Waals surface area contributed by atoms with E-state index in [2.05, 4.69) is 29.3 Å². The number of nitrogens with zero attached hydrogens (tertiary/aromatic N) is 1. The second-order valence-electron chi connectivity index (χ2n) is 5.75. The molecule has 1 fully saturated rings. The van der Waals surface area contributed by atoms with Gasteiger partial charge in [0.05, 0.1) is 6.10 Å². The maximum Gasteiger partial charge on any atom is 0.0698 e. The number of hydrogen-bond acceptors (Lipinski definition) is 3. The Bertz CT molecular complexity index is 427. The summed E-state index contributed by atoms with van der Waals surface area (Å²) in [5.41, 5.74) is 1.28. The fourth-order valence-electron chi connectivity index (χ4n) is 3.08. The summed E-state index contributed by atoms with van der Waals surface area (Å²) in [4.78, 5) is 2.52. The number of methoxy groups -OCH3 is 1. The quantitative estimate of drug-likeness (QED) is 0.834. The van der Waals surface area contributed by atoms with Crippen LogP contribution in [-0.4, -0.2) is 44.3 Å². The van der Waals surface area contributed by atoms with E-state index in [1.54, 1.807) is 0 Å². The van der Waals surface area contributed by atoms with Gasteiger partial charge in [0.2, 0.25) is 0 Å². The first-order valence-electron chi connectivity index (χ1n) is 7.97. The van der Waals surface area contributed by atoms with Crippen molar-refractivity contribution in [2.24, 2.45) is 0 Å². The van der Waals surface area contributed by atoms with Crippen molar-refractivity contribution in [1.82, 2.24) is 10.2 Å². The number of benzene rings is 1. The van der Waals surface area contributed by atoms with E-state index in [9.17, 15) is 0 Å². The Morgan fingerprint density at radius 2 is 2.33 bits per heavy atom. The Balaban J connectivity index is 1.91. The van der Waals surface area contributed by atoms with Gasteiger partial charge in [0.25, 0.3) is 0 Å². The average molecular weight is 311 g/mol. The monoisotopic (exact) mass is 310 g/mol. The Morgan fingerprint density at radius 3 is 3.05 bits per heavy atom. The van der Waals surface area contributed by atoms with Crippen LogP contribution in [0.1, 0.15) is 37.8 Å². The number of likely N-dealkylation sites (tertiary alicyclic amines) is 1. The molecule has 1 heterocycles. The molecule has 0 amide bonds. The summed E-state index contributed by atoms with van der Waals surface area (Å²) in [6.07, 6.45) is 3.94. The lowest BCUT2D eigenvalue weighted by molar-refractivity contribution is 0.0301. The molecule has 2 atom stereocenters. The number of hydrogen-bond donors (Lipinski definition) is 1. The summed E-state index contributed by atoms with van der Waals surface area (Å²) in [7, 11) is 1.82. The molecular weight excluding hydrogens is 284 g/mol. The predicted octanol–water partition coefficient (Wildman–Crippen LogP) is 3.49. The number of halogens is 1. The zero-order valence-electron chi connectivity index (χ0n) is 13.1. The SMILES string of the molecule is CCNC(CCN1CCCC(OC)C1)c1cccc(Cl)c1. The molecule has 2 rings (SSSR count). The minimum Gasteiger partial charge on any atom is -0.380 e. The number of piperidine rings is 1. The Labute approximate surface area is 133 Å². The predicted molar refractivity (Wildman–Crippen MR) is 89.0 cm³/mol. The van der Waals surface area contributed by atoms with Crippen LogP contribution in [0.4, 0.5) is 0 Å². The van der Waals surface area contributed by atoms with E-state index in [-0.39, 0.29) is 0 Å². The first-order valence-corrected chi connectivity index (χ1v) is 8.34. The highest BCUT2D eigenvalue weighted by Crippen LogP contribution is 2.22. The van der Waals surface area contributed by atoms with Crippen LogP contribution in [0.3, 0.4) is 0 Å². The highest BCUT2D eigenvalue weighted by molar-refractivity contribution is 6.30. The van der Waals surface area contributed by atoms with Crippen LogP contribution in [0.5, 0.6) is 0 Å². The first-order chi connectivity index (χ1) is 10.2. The van der Waals surface area contributed by atoms with Crippen molar-refractivity contribution >= 4 is 11.6 Å². The van der Waals surface area contributed by atoms with E-state index in [4.69, 9.17) is 16.3 Å². The molecule has 0 aromatic heterocycles. The van der Waals surface area contributed by atoms with Crippen molar-refractivity contribution in [2.75, 3.05) is 33.3 Å². The molecule has 0 radical (unpaired) electrons. The molecule has 118 valence electrons. The van der Waals surface area contributed by atoms with E-state index in [0.29, 0.717) is 12.1 Å².